The second-order valence-electron chi connectivity index (χ2n) is 3.69. The molecule has 1 aromatic heterocycles. The van der Waals surface area contributed by atoms with E-state index in [0.29, 0.717) is 11.7 Å². The molecular formula is C11H9Cl2N3O3. The van der Waals surface area contributed by atoms with Crippen molar-refractivity contribution >= 4 is 29.1 Å². The molecule has 1 aromatic carbocycles. The average Bonchev–Trinajstić information content (AvgIpc) is 2.71. The third kappa shape index (κ3) is 3.15. The number of phenolic OH excluding ortho intramolecular Hbond substituents is 1. The number of aromatic hydroxyl groups is 1. The third-order valence-electron chi connectivity index (χ3n) is 2.24. The van der Waals surface area contributed by atoms with Crippen LogP contribution < -0.4 is 5.32 Å². The second-order valence-corrected chi connectivity index (χ2v) is 4.54. The fourth-order valence-electron chi connectivity index (χ4n) is 1.45. The van der Waals surface area contributed by atoms with Crippen molar-refractivity contribution < 1.29 is 14.4 Å². The van der Waals surface area contributed by atoms with Gasteiger partial charge in [-0.15, -0.1) is 0 Å². The highest BCUT2D eigenvalue weighted by molar-refractivity contribution is 6.37. The summed E-state index contributed by atoms with van der Waals surface area (Å²) in [5, 5.41) is 16.1. The molecule has 100 valence electrons. The summed E-state index contributed by atoms with van der Waals surface area (Å²) in [4.78, 5) is 15.8. The molecule has 19 heavy (non-hydrogen) atoms. The van der Waals surface area contributed by atoms with Crippen LogP contribution in [0, 0.1) is 6.92 Å². The van der Waals surface area contributed by atoms with Crippen LogP contribution in [0.1, 0.15) is 22.1 Å². The third-order valence-corrected chi connectivity index (χ3v) is 2.75. The number of phenols is 1. The number of amides is 1. The SMILES string of the molecule is Cc1nc(CNC(=O)c2c(O)cc(Cl)cc2Cl)no1. The van der Waals surface area contributed by atoms with Gasteiger partial charge in [0.1, 0.15) is 5.75 Å². The Morgan fingerprint density at radius 1 is 1.47 bits per heavy atom. The van der Waals surface area contributed by atoms with Crippen LogP contribution in [0.25, 0.3) is 0 Å². The second kappa shape index (κ2) is 5.46. The maximum Gasteiger partial charge on any atom is 0.256 e. The molecule has 0 aliphatic rings. The van der Waals surface area contributed by atoms with Gasteiger partial charge >= 0.3 is 0 Å². The number of hydrogen-bond donors (Lipinski definition) is 2. The number of aryl methyl sites for hydroxylation is 1. The quantitative estimate of drug-likeness (QED) is 0.908. The number of carbonyl (C=O) groups is 1. The summed E-state index contributed by atoms with van der Waals surface area (Å²) in [6.45, 7) is 1.70. The van der Waals surface area contributed by atoms with E-state index in [1.54, 1.807) is 6.92 Å². The first kappa shape index (κ1) is 13.6. The van der Waals surface area contributed by atoms with E-state index in [9.17, 15) is 9.90 Å². The van der Waals surface area contributed by atoms with Crippen molar-refractivity contribution in [3.63, 3.8) is 0 Å². The molecule has 2 aromatic rings. The molecule has 0 saturated heterocycles. The normalized spacial score (nSPS) is 10.5. The van der Waals surface area contributed by atoms with Crippen LogP contribution in [-0.4, -0.2) is 21.2 Å². The maximum atomic E-state index is 11.9. The lowest BCUT2D eigenvalue weighted by atomic mass is 10.2. The number of nitrogens with zero attached hydrogens (tertiary/aromatic N) is 2. The fraction of sp³-hybridized carbons (Fsp3) is 0.182. The standard InChI is InChI=1S/C11H9Cl2N3O3/c1-5-15-9(16-19-5)4-14-11(18)10-7(13)2-6(12)3-8(10)17/h2-3,17H,4H2,1H3,(H,14,18). The molecule has 2 rings (SSSR count). The van der Waals surface area contributed by atoms with E-state index in [2.05, 4.69) is 15.5 Å². The summed E-state index contributed by atoms with van der Waals surface area (Å²) >= 11 is 11.6. The monoisotopic (exact) mass is 301 g/mol. The Morgan fingerprint density at radius 2 is 2.21 bits per heavy atom. The Bertz CT molecular complexity index is 604. The molecule has 1 amide bonds. The van der Waals surface area contributed by atoms with Crippen molar-refractivity contribution in [2.45, 2.75) is 13.5 Å². The average molecular weight is 302 g/mol. The van der Waals surface area contributed by atoms with Crippen molar-refractivity contribution in [2.75, 3.05) is 0 Å². The van der Waals surface area contributed by atoms with Crippen LogP contribution in [0.3, 0.4) is 0 Å². The molecule has 0 saturated carbocycles. The molecule has 0 bridgehead atoms. The summed E-state index contributed by atoms with van der Waals surface area (Å²) in [6.07, 6.45) is 0. The highest BCUT2D eigenvalue weighted by Gasteiger charge is 2.17. The molecule has 0 radical (unpaired) electrons. The van der Waals surface area contributed by atoms with E-state index in [1.807, 2.05) is 0 Å². The molecule has 8 heteroatoms. The maximum absolute atomic E-state index is 11.9. The van der Waals surface area contributed by atoms with Crippen molar-refractivity contribution in [3.8, 4) is 5.75 Å². The first-order valence-corrected chi connectivity index (χ1v) is 5.98. The molecule has 0 aliphatic carbocycles. The van der Waals surface area contributed by atoms with Gasteiger partial charge in [-0.05, 0) is 12.1 Å². The molecule has 1 heterocycles. The van der Waals surface area contributed by atoms with Gasteiger partial charge in [-0.3, -0.25) is 4.79 Å². The minimum Gasteiger partial charge on any atom is -0.507 e. The molecule has 0 spiro atoms. The van der Waals surface area contributed by atoms with E-state index >= 15 is 0 Å². The highest BCUT2D eigenvalue weighted by atomic mass is 35.5. The van der Waals surface area contributed by atoms with Crippen molar-refractivity contribution in [1.82, 2.24) is 15.5 Å². The van der Waals surface area contributed by atoms with E-state index in [0.717, 1.165) is 0 Å². The van der Waals surface area contributed by atoms with E-state index in [1.165, 1.54) is 12.1 Å². The van der Waals surface area contributed by atoms with E-state index in [-0.39, 0.29) is 27.9 Å². The van der Waals surface area contributed by atoms with Crippen LogP contribution >= 0.6 is 23.2 Å². The van der Waals surface area contributed by atoms with Crippen LogP contribution in [0.15, 0.2) is 16.7 Å². The van der Waals surface area contributed by atoms with Gasteiger partial charge in [-0.25, -0.2) is 0 Å². The molecule has 2 N–H and O–H groups in total. The largest absolute Gasteiger partial charge is 0.507 e. The minimum atomic E-state index is -0.554. The number of aromatic nitrogens is 2. The molecule has 0 unspecified atom stereocenters. The Morgan fingerprint density at radius 3 is 2.79 bits per heavy atom. The van der Waals surface area contributed by atoms with Gasteiger partial charge in [-0.2, -0.15) is 4.98 Å². The van der Waals surface area contributed by atoms with Gasteiger partial charge in [0.05, 0.1) is 17.1 Å². The Labute approximate surface area is 118 Å². The predicted octanol–water partition coefficient (Wildman–Crippen LogP) is 2.32. The zero-order chi connectivity index (χ0) is 14.0. The van der Waals surface area contributed by atoms with Crippen molar-refractivity contribution in [2.24, 2.45) is 0 Å². The highest BCUT2D eigenvalue weighted by Crippen LogP contribution is 2.29. The van der Waals surface area contributed by atoms with Gasteiger partial charge in [0, 0.05) is 11.9 Å². The molecule has 6 nitrogen and oxygen atoms in total. The Balaban J connectivity index is 2.12. The molecular weight excluding hydrogens is 293 g/mol. The Hall–Kier alpha value is -1.79. The number of carbonyl (C=O) groups excluding carboxylic acids is 1. The van der Waals surface area contributed by atoms with Gasteiger partial charge in [0.25, 0.3) is 5.91 Å². The summed E-state index contributed by atoms with van der Waals surface area (Å²) < 4.78 is 4.76. The zero-order valence-corrected chi connectivity index (χ0v) is 11.3. The lowest BCUT2D eigenvalue weighted by Gasteiger charge is -2.07. The van der Waals surface area contributed by atoms with Crippen LogP contribution in [0.5, 0.6) is 5.75 Å². The summed E-state index contributed by atoms with van der Waals surface area (Å²) in [7, 11) is 0. The fourth-order valence-corrected chi connectivity index (χ4v) is 2.01. The van der Waals surface area contributed by atoms with Gasteiger partial charge in [-0.1, -0.05) is 28.4 Å². The van der Waals surface area contributed by atoms with Crippen molar-refractivity contribution in [1.29, 1.82) is 0 Å². The van der Waals surface area contributed by atoms with Gasteiger partial charge in [0.2, 0.25) is 5.89 Å². The first-order valence-electron chi connectivity index (χ1n) is 5.23. The number of hydrogen-bond acceptors (Lipinski definition) is 5. The lowest BCUT2D eigenvalue weighted by Crippen LogP contribution is -2.23. The summed E-state index contributed by atoms with van der Waals surface area (Å²) in [5.41, 5.74) is -0.0497. The first-order chi connectivity index (χ1) is 8.97. The number of nitrogens with one attached hydrogen (secondary N) is 1. The topological polar surface area (TPSA) is 88.2 Å². The molecule has 0 atom stereocenters. The molecule has 0 aliphatic heterocycles. The molecule has 0 fully saturated rings. The van der Waals surface area contributed by atoms with Gasteiger partial charge in [0.15, 0.2) is 5.82 Å². The Kier molecular flexibility index (Phi) is 3.92. The number of rotatable bonds is 3. The van der Waals surface area contributed by atoms with Crippen LogP contribution in [0.4, 0.5) is 0 Å². The van der Waals surface area contributed by atoms with Gasteiger partial charge < -0.3 is 14.9 Å². The minimum absolute atomic E-state index is 0.0497. The smallest absolute Gasteiger partial charge is 0.256 e. The summed E-state index contributed by atoms with van der Waals surface area (Å²) in [6, 6.07) is 2.61. The predicted molar refractivity (Wildman–Crippen MR) is 68.3 cm³/mol. The van der Waals surface area contributed by atoms with Crippen LogP contribution in [0.2, 0.25) is 10.0 Å². The van der Waals surface area contributed by atoms with Crippen molar-refractivity contribution in [3.05, 3.63) is 39.5 Å². The summed E-state index contributed by atoms with van der Waals surface area (Å²) in [5.74, 6) is -0.118. The van der Waals surface area contributed by atoms with E-state index < -0.39 is 5.91 Å². The van der Waals surface area contributed by atoms with E-state index in [4.69, 9.17) is 27.7 Å². The number of benzene rings is 1. The van der Waals surface area contributed by atoms with Crippen LogP contribution in [-0.2, 0) is 6.54 Å². The lowest BCUT2D eigenvalue weighted by molar-refractivity contribution is 0.0947. The zero-order valence-electron chi connectivity index (χ0n) is 9.78. The number of halogens is 2.